The van der Waals surface area contributed by atoms with Gasteiger partial charge in [0.1, 0.15) is 5.75 Å². The number of methoxy groups -OCH3 is 1. The molecule has 40 heavy (non-hydrogen) atoms. The van der Waals surface area contributed by atoms with Crippen molar-refractivity contribution >= 4 is 32.9 Å². The summed E-state index contributed by atoms with van der Waals surface area (Å²) in [6, 6.07) is 9.78. The van der Waals surface area contributed by atoms with E-state index in [1.165, 1.54) is 0 Å². The number of hydrogen-bond donors (Lipinski definition) is 2. The zero-order valence-corrected chi connectivity index (χ0v) is 24.4. The highest BCUT2D eigenvalue weighted by Gasteiger charge is 2.33. The first-order valence-electron chi connectivity index (χ1n) is 14.1. The molecule has 0 spiro atoms. The van der Waals surface area contributed by atoms with Gasteiger partial charge in [-0.2, -0.15) is 0 Å². The Labute approximate surface area is 236 Å². The van der Waals surface area contributed by atoms with Crippen LogP contribution in [0.5, 0.6) is 5.75 Å². The first kappa shape index (κ1) is 28.4. The molecule has 0 unspecified atom stereocenters. The summed E-state index contributed by atoms with van der Waals surface area (Å²) in [7, 11) is -1.94. The Morgan fingerprint density at radius 3 is 2.85 bits per heavy atom. The number of likely N-dealkylation sites (tertiary alicyclic amines) is 1. The van der Waals surface area contributed by atoms with Crippen molar-refractivity contribution in [3.8, 4) is 5.75 Å². The maximum atomic E-state index is 12.7. The number of allylic oxidation sites excluding steroid dienone is 1. The minimum absolute atomic E-state index is 0.0474. The molecule has 3 heterocycles. The Hall–Kier alpha value is -3.14. The van der Waals surface area contributed by atoms with Crippen molar-refractivity contribution in [1.82, 2.24) is 14.6 Å². The molecule has 1 fully saturated rings. The summed E-state index contributed by atoms with van der Waals surface area (Å²) in [6.45, 7) is 4.42. The van der Waals surface area contributed by atoms with Gasteiger partial charge in [0, 0.05) is 54.0 Å². The molecule has 2 aliphatic heterocycles. The molecule has 0 saturated carbocycles. The molecular formula is C31H39N3O5S. The molecule has 0 radical (unpaired) electrons. The van der Waals surface area contributed by atoms with Crippen molar-refractivity contribution in [3.05, 3.63) is 70.4 Å². The van der Waals surface area contributed by atoms with Crippen molar-refractivity contribution in [2.24, 2.45) is 0 Å². The third-order valence-electron chi connectivity index (χ3n) is 8.01. The SMILES string of the molecule is COc1cc(C)c2[nH]ccc2c1CN1CC[C@H]2C[C@H]1c1ccc(C(=O)NS(C)(=O)=O)cc1/C=C\CCCCCO2. The van der Waals surface area contributed by atoms with Crippen LogP contribution in [0.3, 0.4) is 0 Å². The summed E-state index contributed by atoms with van der Waals surface area (Å²) < 4.78 is 37.8. The van der Waals surface area contributed by atoms with Crippen LogP contribution >= 0.6 is 0 Å². The second-order valence-electron chi connectivity index (χ2n) is 10.9. The number of benzene rings is 2. The molecule has 1 saturated heterocycles. The third kappa shape index (κ3) is 6.43. The Kier molecular flexibility index (Phi) is 8.63. The van der Waals surface area contributed by atoms with Crippen LogP contribution in [-0.2, 0) is 21.3 Å². The van der Waals surface area contributed by atoms with Crippen LogP contribution in [0, 0.1) is 6.92 Å². The number of nitrogens with one attached hydrogen (secondary N) is 2. The molecule has 5 rings (SSSR count). The van der Waals surface area contributed by atoms with Gasteiger partial charge in [-0.3, -0.25) is 9.69 Å². The van der Waals surface area contributed by atoms with Crippen LogP contribution in [0.2, 0.25) is 0 Å². The number of amides is 1. The average molecular weight is 566 g/mol. The lowest BCUT2D eigenvalue weighted by atomic mass is 9.88. The summed E-state index contributed by atoms with van der Waals surface area (Å²) >= 11 is 0. The van der Waals surface area contributed by atoms with E-state index >= 15 is 0 Å². The van der Waals surface area contributed by atoms with Gasteiger partial charge < -0.3 is 14.5 Å². The number of ether oxygens (including phenoxy) is 2. The fourth-order valence-corrected chi connectivity index (χ4v) is 6.48. The third-order valence-corrected chi connectivity index (χ3v) is 8.57. The lowest BCUT2D eigenvalue weighted by Crippen LogP contribution is -2.40. The maximum Gasteiger partial charge on any atom is 0.264 e. The molecule has 9 heteroatoms. The predicted molar refractivity (Wildman–Crippen MR) is 158 cm³/mol. The molecule has 8 nitrogen and oxygen atoms in total. The predicted octanol–water partition coefficient (Wildman–Crippen LogP) is 5.48. The van der Waals surface area contributed by atoms with E-state index in [0.717, 1.165) is 96.8 Å². The van der Waals surface area contributed by atoms with Crippen LogP contribution < -0.4 is 9.46 Å². The van der Waals surface area contributed by atoms with Crippen molar-refractivity contribution in [2.45, 2.75) is 64.1 Å². The van der Waals surface area contributed by atoms with E-state index < -0.39 is 15.9 Å². The Balaban J connectivity index is 1.56. The number of piperidine rings is 1. The molecule has 2 bridgehead atoms. The van der Waals surface area contributed by atoms with E-state index in [4.69, 9.17) is 9.47 Å². The number of rotatable bonds is 5. The highest BCUT2D eigenvalue weighted by Crippen LogP contribution is 2.39. The van der Waals surface area contributed by atoms with Crippen LogP contribution in [-0.4, -0.2) is 56.8 Å². The van der Waals surface area contributed by atoms with Gasteiger partial charge >= 0.3 is 0 Å². The summed E-state index contributed by atoms with van der Waals surface area (Å²) in [6.07, 6.45) is 13.3. The van der Waals surface area contributed by atoms with Crippen molar-refractivity contribution in [1.29, 1.82) is 0 Å². The van der Waals surface area contributed by atoms with Crippen molar-refractivity contribution < 1.29 is 22.7 Å². The second-order valence-corrected chi connectivity index (χ2v) is 12.7. The Morgan fingerprint density at radius 2 is 2.05 bits per heavy atom. The summed E-state index contributed by atoms with van der Waals surface area (Å²) in [5.74, 6) is 0.253. The highest BCUT2D eigenvalue weighted by atomic mass is 32.2. The van der Waals surface area contributed by atoms with Gasteiger partial charge in [-0.25, -0.2) is 13.1 Å². The molecule has 0 aliphatic carbocycles. The van der Waals surface area contributed by atoms with E-state index in [1.54, 1.807) is 13.2 Å². The molecule has 3 aromatic rings. The number of carbonyl (C=O) groups excluding carboxylic acids is 1. The maximum absolute atomic E-state index is 12.7. The number of aromatic nitrogens is 1. The normalized spacial score (nSPS) is 21.5. The fraction of sp³-hybridized carbons (Fsp3) is 0.452. The summed E-state index contributed by atoms with van der Waals surface area (Å²) in [4.78, 5) is 18.6. The van der Waals surface area contributed by atoms with Crippen LogP contribution in [0.4, 0.5) is 0 Å². The van der Waals surface area contributed by atoms with Crippen molar-refractivity contribution in [2.75, 3.05) is 26.5 Å². The standard InChI is InChI=1S/C31H39N3O5S/c1-21-17-29(38-2)27(26-12-14-32-30(21)26)20-34-15-13-24-19-28(34)25-11-10-23(31(35)33-40(3,36)37)18-22(25)9-7-5-4-6-8-16-39-24/h7,9-12,14,17-18,24,28,32H,4-6,8,13,15-16,19-20H2,1-3H3,(H,33,35)/b9-7-/t24-,28-/m0/s1. The lowest BCUT2D eigenvalue weighted by Gasteiger charge is -2.40. The van der Waals surface area contributed by atoms with Gasteiger partial charge in [0.15, 0.2) is 0 Å². The second kappa shape index (κ2) is 12.2. The number of fused-ring (bicyclic) bond motifs is 5. The molecule has 2 N–H and O–H groups in total. The van der Waals surface area contributed by atoms with Gasteiger partial charge in [-0.05, 0) is 80.0 Å². The Bertz CT molecular complexity index is 1510. The zero-order valence-electron chi connectivity index (χ0n) is 23.5. The number of carbonyl (C=O) groups is 1. The van der Waals surface area contributed by atoms with E-state index in [1.807, 2.05) is 18.3 Å². The summed E-state index contributed by atoms with van der Waals surface area (Å²) in [5.41, 5.74) is 5.77. The van der Waals surface area contributed by atoms with Gasteiger partial charge in [0.2, 0.25) is 10.0 Å². The lowest BCUT2D eigenvalue weighted by molar-refractivity contribution is -0.0201. The zero-order chi connectivity index (χ0) is 28.3. The number of sulfonamides is 1. The Morgan fingerprint density at radius 1 is 1.20 bits per heavy atom. The van der Waals surface area contributed by atoms with Crippen molar-refractivity contribution in [3.63, 3.8) is 0 Å². The van der Waals surface area contributed by atoms with Crippen LogP contribution in [0.15, 0.2) is 42.6 Å². The van der Waals surface area contributed by atoms with E-state index in [0.29, 0.717) is 12.1 Å². The number of H-pyrrole nitrogens is 1. The number of hydrogen-bond acceptors (Lipinski definition) is 6. The quantitative estimate of drug-likeness (QED) is 0.425. The van der Waals surface area contributed by atoms with Gasteiger partial charge in [0.05, 0.1) is 19.5 Å². The highest BCUT2D eigenvalue weighted by molar-refractivity contribution is 7.89. The minimum Gasteiger partial charge on any atom is -0.496 e. The molecule has 2 aliphatic rings. The van der Waals surface area contributed by atoms with E-state index in [-0.39, 0.29) is 12.1 Å². The van der Waals surface area contributed by atoms with Gasteiger partial charge in [-0.1, -0.05) is 24.6 Å². The smallest absolute Gasteiger partial charge is 0.264 e. The van der Waals surface area contributed by atoms with Gasteiger partial charge in [-0.15, -0.1) is 0 Å². The first-order valence-corrected chi connectivity index (χ1v) is 15.9. The molecule has 214 valence electrons. The van der Waals surface area contributed by atoms with E-state index in [9.17, 15) is 13.2 Å². The monoisotopic (exact) mass is 565 g/mol. The first-order chi connectivity index (χ1) is 19.2. The topological polar surface area (TPSA) is 101 Å². The van der Waals surface area contributed by atoms with Crippen LogP contribution in [0.25, 0.3) is 17.0 Å². The van der Waals surface area contributed by atoms with Crippen LogP contribution in [0.1, 0.15) is 77.2 Å². The number of aryl methyl sites for hydroxylation is 1. The summed E-state index contributed by atoms with van der Waals surface area (Å²) in [5, 5.41) is 1.16. The molecule has 1 amide bonds. The molecule has 1 aromatic heterocycles. The van der Waals surface area contributed by atoms with E-state index in [2.05, 4.69) is 45.8 Å². The molecule has 2 aromatic carbocycles. The number of aromatic amines is 1. The fourth-order valence-electron chi connectivity index (χ4n) is 6.02. The number of nitrogens with zero attached hydrogens (tertiary/aromatic N) is 1. The molecular weight excluding hydrogens is 526 g/mol. The largest absolute Gasteiger partial charge is 0.496 e. The minimum atomic E-state index is -3.67. The average Bonchev–Trinajstić information content (AvgIpc) is 3.42. The molecule has 2 atom stereocenters. The van der Waals surface area contributed by atoms with Gasteiger partial charge in [0.25, 0.3) is 5.91 Å².